The standard InChI is InChI=1S/C11H11N3O2/c1-15-4-5-16-10-2-3-11-9(6-12)7-13-14(11)8-10/h2-3,7-8H,4-5H2,1H3. The van der Waals surface area contributed by atoms with Gasteiger partial charge in [0.15, 0.2) is 0 Å². The minimum Gasteiger partial charge on any atom is -0.490 e. The van der Waals surface area contributed by atoms with Crippen molar-refractivity contribution in [3.05, 3.63) is 30.1 Å². The summed E-state index contributed by atoms with van der Waals surface area (Å²) in [7, 11) is 1.62. The molecule has 0 atom stereocenters. The molecule has 0 radical (unpaired) electrons. The van der Waals surface area contributed by atoms with Gasteiger partial charge in [0.2, 0.25) is 0 Å². The van der Waals surface area contributed by atoms with Crippen molar-refractivity contribution in [2.24, 2.45) is 0 Å². The molecule has 0 saturated heterocycles. The molecule has 0 aromatic carbocycles. The second-order valence-electron chi connectivity index (χ2n) is 3.21. The lowest BCUT2D eigenvalue weighted by Gasteiger charge is -2.05. The van der Waals surface area contributed by atoms with Crippen LogP contribution in [0.15, 0.2) is 24.5 Å². The molecule has 16 heavy (non-hydrogen) atoms. The van der Waals surface area contributed by atoms with Crippen LogP contribution in [0, 0.1) is 11.3 Å². The molecule has 0 amide bonds. The van der Waals surface area contributed by atoms with E-state index in [1.807, 2.05) is 12.1 Å². The van der Waals surface area contributed by atoms with Gasteiger partial charge in [-0.25, -0.2) is 4.52 Å². The van der Waals surface area contributed by atoms with E-state index in [0.717, 1.165) is 5.52 Å². The normalized spacial score (nSPS) is 10.2. The van der Waals surface area contributed by atoms with Gasteiger partial charge in [-0.15, -0.1) is 0 Å². The maximum atomic E-state index is 8.82. The van der Waals surface area contributed by atoms with E-state index in [-0.39, 0.29) is 0 Å². The second kappa shape index (κ2) is 4.64. The largest absolute Gasteiger partial charge is 0.490 e. The van der Waals surface area contributed by atoms with Gasteiger partial charge >= 0.3 is 0 Å². The Kier molecular flexibility index (Phi) is 3.03. The maximum absolute atomic E-state index is 8.82. The lowest BCUT2D eigenvalue weighted by Crippen LogP contribution is -2.04. The summed E-state index contributed by atoms with van der Waals surface area (Å²) in [6, 6.07) is 5.70. The Morgan fingerprint density at radius 1 is 1.44 bits per heavy atom. The molecule has 5 heteroatoms. The van der Waals surface area contributed by atoms with Gasteiger partial charge < -0.3 is 9.47 Å². The van der Waals surface area contributed by atoms with E-state index in [1.54, 1.807) is 17.8 Å². The number of pyridine rings is 1. The molecule has 2 heterocycles. The van der Waals surface area contributed by atoms with Gasteiger partial charge in [0.25, 0.3) is 0 Å². The highest BCUT2D eigenvalue weighted by Crippen LogP contribution is 2.15. The number of nitrogens with zero attached hydrogens (tertiary/aromatic N) is 3. The molecule has 0 aliphatic carbocycles. The molecule has 0 unspecified atom stereocenters. The van der Waals surface area contributed by atoms with E-state index >= 15 is 0 Å². The third-order valence-corrected chi connectivity index (χ3v) is 2.17. The first-order valence-electron chi connectivity index (χ1n) is 4.84. The number of hydrogen-bond acceptors (Lipinski definition) is 4. The van der Waals surface area contributed by atoms with Crippen LogP contribution in [0.2, 0.25) is 0 Å². The molecule has 2 rings (SSSR count). The van der Waals surface area contributed by atoms with Crippen LogP contribution in [-0.2, 0) is 4.74 Å². The summed E-state index contributed by atoms with van der Waals surface area (Å²) in [6.07, 6.45) is 3.28. The number of nitriles is 1. The van der Waals surface area contributed by atoms with Crippen LogP contribution in [0.1, 0.15) is 5.56 Å². The molecule has 0 aliphatic heterocycles. The fourth-order valence-corrected chi connectivity index (χ4v) is 1.38. The summed E-state index contributed by atoms with van der Waals surface area (Å²) >= 11 is 0. The second-order valence-corrected chi connectivity index (χ2v) is 3.21. The molecular weight excluding hydrogens is 206 g/mol. The highest BCUT2D eigenvalue weighted by molar-refractivity contribution is 5.60. The third kappa shape index (κ3) is 1.97. The zero-order chi connectivity index (χ0) is 11.4. The van der Waals surface area contributed by atoms with Gasteiger partial charge in [-0.2, -0.15) is 10.4 Å². The summed E-state index contributed by atoms with van der Waals surface area (Å²) in [4.78, 5) is 0. The number of hydrogen-bond donors (Lipinski definition) is 0. The molecule has 5 nitrogen and oxygen atoms in total. The fraction of sp³-hybridized carbons (Fsp3) is 0.273. The fourth-order valence-electron chi connectivity index (χ4n) is 1.38. The Hall–Kier alpha value is -2.06. The lowest BCUT2D eigenvalue weighted by molar-refractivity contribution is 0.146. The zero-order valence-electron chi connectivity index (χ0n) is 8.88. The minimum absolute atomic E-state index is 0.494. The van der Waals surface area contributed by atoms with Crippen molar-refractivity contribution >= 4 is 5.52 Å². The van der Waals surface area contributed by atoms with Gasteiger partial charge in [0.1, 0.15) is 18.4 Å². The van der Waals surface area contributed by atoms with E-state index in [9.17, 15) is 0 Å². The molecule has 0 bridgehead atoms. The van der Waals surface area contributed by atoms with E-state index in [1.165, 1.54) is 6.20 Å². The summed E-state index contributed by atoms with van der Waals surface area (Å²) in [6.45, 7) is 1.04. The Morgan fingerprint density at radius 2 is 2.31 bits per heavy atom. The van der Waals surface area contributed by atoms with E-state index in [4.69, 9.17) is 14.7 Å². The molecule has 0 saturated carbocycles. The van der Waals surface area contributed by atoms with Crippen LogP contribution in [0.3, 0.4) is 0 Å². The van der Waals surface area contributed by atoms with Gasteiger partial charge in [0.05, 0.1) is 30.1 Å². The van der Waals surface area contributed by atoms with Crippen molar-refractivity contribution < 1.29 is 9.47 Å². The van der Waals surface area contributed by atoms with Crippen LogP contribution >= 0.6 is 0 Å². The Bertz CT molecular complexity index is 527. The van der Waals surface area contributed by atoms with Crippen molar-refractivity contribution in [2.45, 2.75) is 0 Å². The number of methoxy groups -OCH3 is 1. The van der Waals surface area contributed by atoms with Gasteiger partial charge in [0, 0.05) is 7.11 Å². The summed E-state index contributed by atoms with van der Waals surface area (Å²) in [5.41, 5.74) is 1.34. The average Bonchev–Trinajstić information content (AvgIpc) is 2.71. The number of rotatable bonds is 4. The van der Waals surface area contributed by atoms with Crippen molar-refractivity contribution in [3.8, 4) is 11.8 Å². The van der Waals surface area contributed by atoms with Gasteiger partial charge in [-0.1, -0.05) is 0 Å². The Balaban J connectivity index is 2.21. The number of ether oxygens (including phenoxy) is 2. The Morgan fingerprint density at radius 3 is 3.06 bits per heavy atom. The maximum Gasteiger partial charge on any atom is 0.137 e. The smallest absolute Gasteiger partial charge is 0.137 e. The SMILES string of the molecule is COCCOc1ccc2c(C#N)cnn2c1. The van der Waals surface area contributed by atoms with Crippen LogP contribution in [0.5, 0.6) is 5.75 Å². The molecule has 0 spiro atoms. The lowest BCUT2D eigenvalue weighted by atomic mass is 10.3. The van der Waals surface area contributed by atoms with Crippen molar-refractivity contribution in [1.82, 2.24) is 9.61 Å². The quantitative estimate of drug-likeness (QED) is 0.723. The minimum atomic E-state index is 0.494. The first kappa shape index (κ1) is 10.5. The first-order chi connectivity index (χ1) is 7.85. The predicted octanol–water partition coefficient (Wildman–Crippen LogP) is 1.23. The van der Waals surface area contributed by atoms with Crippen LogP contribution in [-0.4, -0.2) is 29.9 Å². The predicted molar refractivity (Wildman–Crippen MR) is 57.3 cm³/mol. The number of fused-ring (bicyclic) bond motifs is 1. The molecule has 0 fully saturated rings. The number of aromatic nitrogens is 2. The monoisotopic (exact) mass is 217 g/mol. The van der Waals surface area contributed by atoms with Crippen LogP contribution in [0.25, 0.3) is 5.52 Å². The average molecular weight is 217 g/mol. The van der Waals surface area contributed by atoms with Gasteiger partial charge in [-0.3, -0.25) is 0 Å². The highest BCUT2D eigenvalue weighted by Gasteiger charge is 2.03. The third-order valence-electron chi connectivity index (χ3n) is 2.17. The summed E-state index contributed by atoms with van der Waals surface area (Å²) < 4.78 is 11.9. The van der Waals surface area contributed by atoms with Crippen LogP contribution in [0.4, 0.5) is 0 Å². The van der Waals surface area contributed by atoms with Crippen molar-refractivity contribution in [2.75, 3.05) is 20.3 Å². The molecule has 2 aromatic heterocycles. The first-order valence-corrected chi connectivity index (χ1v) is 4.84. The molecule has 0 aliphatic rings. The molecule has 0 N–H and O–H groups in total. The molecule has 82 valence electrons. The van der Waals surface area contributed by atoms with Crippen molar-refractivity contribution in [1.29, 1.82) is 5.26 Å². The summed E-state index contributed by atoms with van der Waals surface area (Å²) in [5, 5.41) is 12.9. The zero-order valence-corrected chi connectivity index (χ0v) is 8.88. The molecular formula is C11H11N3O2. The highest BCUT2D eigenvalue weighted by atomic mass is 16.5. The van der Waals surface area contributed by atoms with Crippen molar-refractivity contribution in [3.63, 3.8) is 0 Å². The summed E-state index contributed by atoms with van der Waals surface area (Å²) in [5.74, 6) is 0.706. The van der Waals surface area contributed by atoms with Gasteiger partial charge in [-0.05, 0) is 12.1 Å². The van der Waals surface area contributed by atoms with E-state index < -0.39 is 0 Å². The molecule has 2 aromatic rings. The van der Waals surface area contributed by atoms with E-state index in [2.05, 4.69) is 11.2 Å². The topological polar surface area (TPSA) is 59.5 Å². The Labute approximate surface area is 92.8 Å². The van der Waals surface area contributed by atoms with Crippen LogP contribution < -0.4 is 4.74 Å². The van der Waals surface area contributed by atoms with E-state index in [0.29, 0.717) is 24.5 Å².